The van der Waals surface area contributed by atoms with Crippen LogP contribution in [0.4, 0.5) is 0 Å². The summed E-state index contributed by atoms with van der Waals surface area (Å²) in [4.78, 5) is 3.22. The Balaban J connectivity index is 2.10. The van der Waals surface area contributed by atoms with Crippen LogP contribution in [-0.2, 0) is 6.42 Å². The second-order valence-electron chi connectivity index (χ2n) is 3.79. The predicted octanol–water partition coefficient (Wildman–Crippen LogP) is 3.84. The Bertz CT molecular complexity index is 225. The molecule has 1 heterocycles. The molecule has 0 atom stereocenters. The largest absolute Gasteiger partial charge is 0.365 e. The first-order chi connectivity index (χ1) is 6.34. The van der Waals surface area contributed by atoms with E-state index in [4.69, 9.17) is 0 Å². The Kier molecular flexibility index (Phi) is 4.66. The number of unbranched alkanes of at least 4 members (excludes halogenated alkanes) is 4. The fourth-order valence-electron chi connectivity index (χ4n) is 1.67. The van der Waals surface area contributed by atoms with Crippen LogP contribution in [0.3, 0.4) is 0 Å². The Morgan fingerprint density at radius 2 is 1.92 bits per heavy atom. The summed E-state index contributed by atoms with van der Waals surface area (Å²) in [5, 5.41) is 0. The molecule has 1 rings (SSSR count). The van der Waals surface area contributed by atoms with Crippen LogP contribution in [-0.4, -0.2) is 4.98 Å². The Morgan fingerprint density at radius 1 is 1.15 bits per heavy atom. The van der Waals surface area contributed by atoms with Crippen molar-refractivity contribution >= 4 is 0 Å². The van der Waals surface area contributed by atoms with Crippen molar-refractivity contribution in [3.8, 4) is 0 Å². The third-order valence-electron chi connectivity index (χ3n) is 2.62. The lowest BCUT2D eigenvalue weighted by atomic mass is 10.1. The van der Waals surface area contributed by atoms with E-state index in [1.54, 1.807) is 0 Å². The molecule has 0 amide bonds. The topological polar surface area (TPSA) is 15.8 Å². The van der Waals surface area contributed by atoms with E-state index in [0.29, 0.717) is 0 Å². The van der Waals surface area contributed by atoms with Crippen LogP contribution in [0.25, 0.3) is 0 Å². The number of aromatic nitrogens is 1. The van der Waals surface area contributed by atoms with Crippen molar-refractivity contribution in [2.24, 2.45) is 0 Å². The van der Waals surface area contributed by atoms with E-state index >= 15 is 0 Å². The van der Waals surface area contributed by atoms with Crippen LogP contribution in [0.2, 0.25) is 0 Å². The molecule has 1 aromatic heterocycles. The lowest BCUT2D eigenvalue weighted by Crippen LogP contribution is -1.86. The molecule has 0 aromatic carbocycles. The summed E-state index contributed by atoms with van der Waals surface area (Å²) < 4.78 is 0. The molecule has 1 N–H and O–H groups in total. The number of hydrogen-bond acceptors (Lipinski definition) is 0. The summed E-state index contributed by atoms with van der Waals surface area (Å²) >= 11 is 0. The molecule has 1 heteroatoms. The number of rotatable bonds is 6. The summed E-state index contributed by atoms with van der Waals surface area (Å²) in [7, 11) is 0. The van der Waals surface area contributed by atoms with Gasteiger partial charge in [-0.2, -0.15) is 0 Å². The van der Waals surface area contributed by atoms with E-state index < -0.39 is 0 Å². The average molecular weight is 179 g/mol. The first kappa shape index (κ1) is 10.4. The lowest BCUT2D eigenvalue weighted by Gasteiger charge is -2.00. The maximum absolute atomic E-state index is 3.22. The second kappa shape index (κ2) is 5.85. The van der Waals surface area contributed by atoms with Crippen LogP contribution < -0.4 is 0 Å². The van der Waals surface area contributed by atoms with Gasteiger partial charge in [-0.05, 0) is 31.4 Å². The van der Waals surface area contributed by atoms with Gasteiger partial charge in [-0.3, -0.25) is 0 Å². The van der Waals surface area contributed by atoms with Crippen molar-refractivity contribution in [3.05, 3.63) is 23.5 Å². The van der Waals surface area contributed by atoms with Gasteiger partial charge in [0.25, 0.3) is 0 Å². The van der Waals surface area contributed by atoms with Crippen LogP contribution in [0.15, 0.2) is 12.3 Å². The van der Waals surface area contributed by atoms with E-state index in [2.05, 4.69) is 24.9 Å². The van der Waals surface area contributed by atoms with Gasteiger partial charge in [0.15, 0.2) is 0 Å². The van der Waals surface area contributed by atoms with E-state index in [1.165, 1.54) is 49.8 Å². The third kappa shape index (κ3) is 3.67. The molecule has 0 spiro atoms. The smallest absolute Gasteiger partial charge is 0.0148 e. The monoisotopic (exact) mass is 179 g/mol. The van der Waals surface area contributed by atoms with Gasteiger partial charge in [-0.25, -0.2) is 0 Å². The predicted molar refractivity (Wildman–Crippen MR) is 58.0 cm³/mol. The Morgan fingerprint density at radius 3 is 2.54 bits per heavy atom. The Hall–Kier alpha value is -0.720. The first-order valence-electron chi connectivity index (χ1n) is 5.47. The van der Waals surface area contributed by atoms with E-state index in [1.807, 2.05) is 6.20 Å². The highest BCUT2D eigenvalue weighted by molar-refractivity contribution is 5.18. The quantitative estimate of drug-likeness (QED) is 0.639. The number of aryl methyl sites for hydroxylation is 2. The standard InChI is InChI=1S/C12H21N/c1-3-4-5-6-7-8-12-9-10-13-11(12)2/h9-10,13H,3-8H2,1-2H3. The van der Waals surface area contributed by atoms with Crippen LogP contribution in [0, 0.1) is 6.92 Å². The molecule has 74 valence electrons. The van der Waals surface area contributed by atoms with Gasteiger partial charge >= 0.3 is 0 Å². The summed E-state index contributed by atoms with van der Waals surface area (Å²) in [5.74, 6) is 0. The summed E-state index contributed by atoms with van der Waals surface area (Å²) in [5.41, 5.74) is 2.84. The van der Waals surface area contributed by atoms with Crippen molar-refractivity contribution in [3.63, 3.8) is 0 Å². The van der Waals surface area contributed by atoms with Gasteiger partial charge in [0.05, 0.1) is 0 Å². The molecular weight excluding hydrogens is 158 g/mol. The van der Waals surface area contributed by atoms with Gasteiger partial charge < -0.3 is 4.98 Å². The van der Waals surface area contributed by atoms with Crippen LogP contribution >= 0.6 is 0 Å². The highest BCUT2D eigenvalue weighted by Crippen LogP contribution is 2.11. The maximum Gasteiger partial charge on any atom is 0.0148 e. The minimum Gasteiger partial charge on any atom is -0.365 e. The molecule has 0 unspecified atom stereocenters. The Labute approximate surface area is 81.6 Å². The molecule has 0 aliphatic heterocycles. The molecule has 0 aliphatic carbocycles. The molecule has 0 fully saturated rings. The summed E-state index contributed by atoms with van der Waals surface area (Å²) in [6.07, 6.45) is 10.2. The zero-order valence-electron chi connectivity index (χ0n) is 8.90. The number of aromatic amines is 1. The maximum atomic E-state index is 3.22. The highest BCUT2D eigenvalue weighted by atomic mass is 14.7. The number of nitrogens with one attached hydrogen (secondary N) is 1. The van der Waals surface area contributed by atoms with Gasteiger partial charge in [0, 0.05) is 11.9 Å². The van der Waals surface area contributed by atoms with Crippen LogP contribution in [0.5, 0.6) is 0 Å². The van der Waals surface area contributed by atoms with Gasteiger partial charge in [-0.1, -0.05) is 32.6 Å². The molecule has 0 bridgehead atoms. The minimum absolute atomic E-state index is 1.25. The van der Waals surface area contributed by atoms with Gasteiger partial charge in [0.1, 0.15) is 0 Å². The normalized spacial score (nSPS) is 10.6. The van der Waals surface area contributed by atoms with Gasteiger partial charge in [0.2, 0.25) is 0 Å². The first-order valence-corrected chi connectivity index (χ1v) is 5.47. The second-order valence-corrected chi connectivity index (χ2v) is 3.79. The number of hydrogen-bond donors (Lipinski definition) is 1. The van der Waals surface area contributed by atoms with Crippen molar-refractivity contribution in [1.29, 1.82) is 0 Å². The van der Waals surface area contributed by atoms with Crippen molar-refractivity contribution < 1.29 is 0 Å². The van der Waals surface area contributed by atoms with Gasteiger partial charge in [-0.15, -0.1) is 0 Å². The summed E-state index contributed by atoms with van der Waals surface area (Å²) in [6, 6.07) is 2.20. The minimum atomic E-state index is 1.25. The molecule has 0 aliphatic rings. The van der Waals surface area contributed by atoms with E-state index in [0.717, 1.165) is 0 Å². The van der Waals surface area contributed by atoms with Crippen molar-refractivity contribution in [2.75, 3.05) is 0 Å². The molecule has 1 nitrogen and oxygen atoms in total. The fourth-order valence-corrected chi connectivity index (χ4v) is 1.67. The van der Waals surface area contributed by atoms with Crippen molar-refractivity contribution in [1.82, 2.24) is 4.98 Å². The van der Waals surface area contributed by atoms with E-state index in [-0.39, 0.29) is 0 Å². The molecular formula is C12H21N. The number of H-pyrrole nitrogens is 1. The zero-order valence-corrected chi connectivity index (χ0v) is 8.90. The van der Waals surface area contributed by atoms with E-state index in [9.17, 15) is 0 Å². The summed E-state index contributed by atoms with van der Waals surface area (Å²) in [6.45, 7) is 4.41. The van der Waals surface area contributed by atoms with Crippen LogP contribution in [0.1, 0.15) is 50.3 Å². The lowest BCUT2D eigenvalue weighted by molar-refractivity contribution is 0.631. The molecule has 0 saturated carbocycles. The zero-order chi connectivity index (χ0) is 9.52. The molecule has 1 aromatic rings. The molecule has 0 saturated heterocycles. The molecule has 0 radical (unpaired) electrons. The fraction of sp³-hybridized carbons (Fsp3) is 0.667. The molecule has 13 heavy (non-hydrogen) atoms. The average Bonchev–Trinajstić information content (AvgIpc) is 2.52. The van der Waals surface area contributed by atoms with Crippen molar-refractivity contribution in [2.45, 2.75) is 52.4 Å². The third-order valence-corrected chi connectivity index (χ3v) is 2.62. The highest BCUT2D eigenvalue weighted by Gasteiger charge is 1.97. The SMILES string of the molecule is CCCCCCCc1cc[nH]c1C.